The van der Waals surface area contributed by atoms with Gasteiger partial charge in [-0.3, -0.25) is 9.59 Å². The van der Waals surface area contributed by atoms with Crippen LogP contribution in [0, 0.1) is 0 Å². The topological polar surface area (TPSA) is 52.6 Å². The van der Waals surface area contributed by atoms with Gasteiger partial charge in [0.1, 0.15) is 18.5 Å². The molecule has 0 bridgehead atoms. The van der Waals surface area contributed by atoms with Gasteiger partial charge in [0.05, 0.1) is 12.5 Å². The summed E-state index contributed by atoms with van der Waals surface area (Å²) in [6.07, 6.45) is 4.54. The third kappa shape index (κ3) is 1.62. The highest BCUT2D eigenvalue weighted by atomic mass is 16.6. The van der Waals surface area contributed by atoms with E-state index < -0.39 is 0 Å². The van der Waals surface area contributed by atoms with Crippen LogP contribution in [0.15, 0.2) is 12.2 Å². The number of fused-ring (bicyclic) bond motifs is 1. The molecule has 0 aromatic heterocycles. The minimum Gasteiger partial charge on any atom is -0.459 e. The molecule has 0 aromatic carbocycles. The fourth-order valence-corrected chi connectivity index (χ4v) is 1.73. The average molecular weight is 182 g/mol. The van der Waals surface area contributed by atoms with Gasteiger partial charge in [0.25, 0.3) is 0 Å². The van der Waals surface area contributed by atoms with Gasteiger partial charge in [-0.05, 0) is 6.08 Å². The molecule has 2 fully saturated rings. The zero-order chi connectivity index (χ0) is 9.26. The summed E-state index contributed by atoms with van der Waals surface area (Å²) >= 11 is 0. The molecule has 70 valence electrons. The van der Waals surface area contributed by atoms with Crippen LogP contribution in [0.1, 0.15) is 12.8 Å². The zero-order valence-corrected chi connectivity index (χ0v) is 7.01. The standard InChI is InChI=1S/C9H10O4/c10-3-1-2-6-4-7-8(12-6)5-9(11)13-7/h1-3,6-8H,4-5H2/b2-1+. The van der Waals surface area contributed by atoms with E-state index in [9.17, 15) is 9.59 Å². The van der Waals surface area contributed by atoms with E-state index in [1.807, 2.05) is 0 Å². The Morgan fingerprint density at radius 2 is 2.23 bits per heavy atom. The number of rotatable bonds is 2. The van der Waals surface area contributed by atoms with Crippen molar-refractivity contribution in [3.8, 4) is 0 Å². The number of esters is 1. The van der Waals surface area contributed by atoms with Crippen LogP contribution in [-0.2, 0) is 19.1 Å². The van der Waals surface area contributed by atoms with Crippen LogP contribution in [0.3, 0.4) is 0 Å². The first-order valence-corrected chi connectivity index (χ1v) is 4.26. The van der Waals surface area contributed by atoms with Gasteiger partial charge >= 0.3 is 5.97 Å². The fourth-order valence-electron chi connectivity index (χ4n) is 1.73. The third-order valence-corrected chi connectivity index (χ3v) is 2.28. The Balaban J connectivity index is 1.93. The van der Waals surface area contributed by atoms with Crippen LogP contribution in [0.2, 0.25) is 0 Å². The van der Waals surface area contributed by atoms with E-state index in [0.717, 1.165) is 0 Å². The number of aldehydes is 1. The van der Waals surface area contributed by atoms with Crippen molar-refractivity contribution >= 4 is 12.3 Å². The van der Waals surface area contributed by atoms with Crippen molar-refractivity contribution in [3.63, 3.8) is 0 Å². The lowest BCUT2D eigenvalue weighted by atomic mass is 10.1. The van der Waals surface area contributed by atoms with E-state index in [-0.39, 0.29) is 24.3 Å². The van der Waals surface area contributed by atoms with Crippen LogP contribution in [0.4, 0.5) is 0 Å². The van der Waals surface area contributed by atoms with Gasteiger partial charge in [0, 0.05) is 6.42 Å². The monoisotopic (exact) mass is 182 g/mol. The van der Waals surface area contributed by atoms with Crippen molar-refractivity contribution in [1.82, 2.24) is 0 Å². The fraction of sp³-hybridized carbons (Fsp3) is 0.556. The highest BCUT2D eigenvalue weighted by Gasteiger charge is 2.43. The average Bonchev–Trinajstić information content (AvgIpc) is 2.57. The molecule has 2 rings (SSSR count). The second-order valence-corrected chi connectivity index (χ2v) is 3.20. The molecule has 4 heteroatoms. The SMILES string of the molecule is O=C/C=C/C1CC2OC(=O)CC2O1. The molecule has 0 aliphatic carbocycles. The van der Waals surface area contributed by atoms with Crippen molar-refractivity contribution in [3.05, 3.63) is 12.2 Å². The van der Waals surface area contributed by atoms with E-state index in [1.165, 1.54) is 6.08 Å². The molecule has 2 saturated heterocycles. The van der Waals surface area contributed by atoms with Gasteiger partial charge in [-0.1, -0.05) is 6.08 Å². The highest BCUT2D eigenvalue weighted by Crippen LogP contribution is 2.31. The number of hydrogen-bond acceptors (Lipinski definition) is 4. The van der Waals surface area contributed by atoms with E-state index in [1.54, 1.807) is 6.08 Å². The van der Waals surface area contributed by atoms with Gasteiger partial charge in [-0.15, -0.1) is 0 Å². The molecular formula is C9H10O4. The quantitative estimate of drug-likeness (QED) is 0.348. The summed E-state index contributed by atoms with van der Waals surface area (Å²) < 4.78 is 10.5. The maximum atomic E-state index is 10.8. The lowest BCUT2D eigenvalue weighted by Gasteiger charge is -2.04. The van der Waals surface area contributed by atoms with Gasteiger partial charge in [0.15, 0.2) is 0 Å². The van der Waals surface area contributed by atoms with Gasteiger partial charge < -0.3 is 9.47 Å². The molecule has 4 nitrogen and oxygen atoms in total. The largest absolute Gasteiger partial charge is 0.459 e. The predicted molar refractivity (Wildman–Crippen MR) is 43.0 cm³/mol. The predicted octanol–water partition coefficient (Wildman–Crippen LogP) is 0.214. The second kappa shape index (κ2) is 3.30. The van der Waals surface area contributed by atoms with Crippen LogP contribution < -0.4 is 0 Å². The Kier molecular flexibility index (Phi) is 2.14. The van der Waals surface area contributed by atoms with Crippen molar-refractivity contribution in [2.24, 2.45) is 0 Å². The first-order valence-electron chi connectivity index (χ1n) is 4.26. The van der Waals surface area contributed by atoms with E-state index in [0.29, 0.717) is 19.1 Å². The first kappa shape index (κ1) is 8.44. The molecule has 13 heavy (non-hydrogen) atoms. The highest BCUT2D eigenvalue weighted by molar-refractivity contribution is 5.72. The minimum atomic E-state index is -0.187. The Hall–Kier alpha value is -1.16. The van der Waals surface area contributed by atoms with Crippen LogP contribution >= 0.6 is 0 Å². The van der Waals surface area contributed by atoms with E-state index in [4.69, 9.17) is 9.47 Å². The van der Waals surface area contributed by atoms with Crippen LogP contribution in [-0.4, -0.2) is 30.6 Å². The molecule has 3 unspecified atom stereocenters. The number of allylic oxidation sites excluding steroid dienone is 1. The summed E-state index contributed by atoms with van der Waals surface area (Å²) in [7, 11) is 0. The molecule has 0 saturated carbocycles. The molecule has 0 radical (unpaired) electrons. The Labute approximate surface area is 75.5 Å². The number of ether oxygens (including phenoxy) is 2. The molecule has 0 spiro atoms. The minimum absolute atomic E-state index is 0.0756. The Bertz CT molecular complexity index is 242. The summed E-state index contributed by atoms with van der Waals surface area (Å²) in [5, 5.41) is 0. The molecule has 2 aliphatic heterocycles. The first-order chi connectivity index (χ1) is 6.29. The summed E-state index contributed by atoms with van der Waals surface area (Å²) in [6, 6.07) is 0. The van der Waals surface area contributed by atoms with Gasteiger partial charge in [0.2, 0.25) is 0 Å². The van der Waals surface area contributed by atoms with Crippen molar-refractivity contribution in [2.75, 3.05) is 0 Å². The van der Waals surface area contributed by atoms with Crippen molar-refractivity contribution < 1.29 is 19.1 Å². The maximum Gasteiger partial charge on any atom is 0.308 e. The molecule has 3 atom stereocenters. The lowest BCUT2D eigenvalue weighted by Crippen LogP contribution is -2.13. The molecule has 0 aromatic rings. The van der Waals surface area contributed by atoms with Crippen LogP contribution in [0.25, 0.3) is 0 Å². The number of carbonyl (C=O) groups is 2. The number of carbonyl (C=O) groups excluding carboxylic acids is 2. The molecule has 0 amide bonds. The molecular weight excluding hydrogens is 172 g/mol. The van der Waals surface area contributed by atoms with E-state index in [2.05, 4.69) is 0 Å². The van der Waals surface area contributed by atoms with Gasteiger partial charge in [-0.2, -0.15) is 0 Å². The number of hydrogen-bond donors (Lipinski definition) is 0. The zero-order valence-electron chi connectivity index (χ0n) is 7.01. The Morgan fingerprint density at radius 1 is 1.38 bits per heavy atom. The lowest BCUT2D eigenvalue weighted by molar-refractivity contribution is -0.141. The Morgan fingerprint density at radius 3 is 2.92 bits per heavy atom. The smallest absolute Gasteiger partial charge is 0.308 e. The second-order valence-electron chi connectivity index (χ2n) is 3.20. The molecule has 0 N–H and O–H groups in total. The maximum absolute atomic E-state index is 10.8. The molecule has 2 aliphatic rings. The van der Waals surface area contributed by atoms with Crippen LogP contribution in [0.5, 0.6) is 0 Å². The molecule has 2 heterocycles. The summed E-state index contributed by atoms with van der Waals surface area (Å²) in [5.41, 5.74) is 0. The normalized spacial score (nSPS) is 37.8. The van der Waals surface area contributed by atoms with Gasteiger partial charge in [-0.25, -0.2) is 0 Å². The summed E-state index contributed by atoms with van der Waals surface area (Å²) in [6.45, 7) is 0. The van der Waals surface area contributed by atoms with E-state index >= 15 is 0 Å². The third-order valence-electron chi connectivity index (χ3n) is 2.28. The summed E-state index contributed by atoms with van der Waals surface area (Å²) in [4.78, 5) is 20.8. The summed E-state index contributed by atoms with van der Waals surface area (Å²) in [5.74, 6) is -0.187. The van der Waals surface area contributed by atoms with Crippen molar-refractivity contribution in [1.29, 1.82) is 0 Å². The van der Waals surface area contributed by atoms with Crippen molar-refractivity contribution in [2.45, 2.75) is 31.2 Å².